The minimum atomic E-state index is -0.548. The fourth-order valence-corrected chi connectivity index (χ4v) is 3.50. The maximum absolute atomic E-state index is 11.9. The number of hydrogen-bond acceptors (Lipinski definition) is 6. The molecule has 0 atom stereocenters. The highest BCUT2D eigenvalue weighted by molar-refractivity contribution is 6.33. The monoisotopic (exact) mass is 478 g/mol. The number of nitrogens with zero attached hydrogens (tertiary/aromatic N) is 2. The van der Waals surface area contributed by atoms with E-state index in [0.29, 0.717) is 33.4 Å². The molecule has 2 heterocycles. The van der Waals surface area contributed by atoms with Crippen LogP contribution in [0.5, 0.6) is 0 Å². The molecule has 0 aliphatic carbocycles. The number of nitrogens with one attached hydrogen (secondary N) is 3. The van der Waals surface area contributed by atoms with E-state index in [4.69, 9.17) is 22.1 Å². The lowest BCUT2D eigenvalue weighted by Gasteiger charge is -2.10. The zero-order chi connectivity index (χ0) is 24.2. The molecule has 0 bridgehead atoms. The van der Waals surface area contributed by atoms with Gasteiger partial charge in [0.1, 0.15) is 5.82 Å². The lowest BCUT2D eigenvalue weighted by molar-refractivity contribution is -0.114. The molecule has 5 N–H and O–H groups in total. The molecule has 174 valence electrons. The van der Waals surface area contributed by atoms with Gasteiger partial charge in [-0.3, -0.25) is 10.1 Å². The van der Waals surface area contributed by atoms with E-state index in [-0.39, 0.29) is 18.6 Å². The first-order valence-corrected chi connectivity index (χ1v) is 10.9. The van der Waals surface area contributed by atoms with Crippen LogP contribution in [0.3, 0.4) is 0 Å². The number of aromatic amines is 1. The Morgan fingerprint density at radius 1 is 1.06 bits per heavy atom. The molecule has 0 radical (unpaired) electrons. The van der Waals surface area contributed by atoms with Crippen molar-refractivity contribution in [1.82, 2.24) is 15.0 Å². The number of fused-ring (bicyclic) bond motifs is 1. The van der Waals surface area contributed by atoms with Gasteiger partial charge in [0, 0.05) is 28.7 Å². The van der Waals surface area contributed by atoms with Crippen LogP contribution < -0.4 is 16.4 Å². The third-order valence-electron chi connectivity index (χ3n) is 4.84. The van der Waals surface area contributed by atoms with Crippen molar-refractivity contribution in [3.8, 4) is 22.5 Å². The Bertz CT molecular complexity index is 1350. The van der Waals surface area contributed by atoms with Gasteiger partial charge in [0.25, 0.3) is 0 Å². The number of H-pyrrole nitrogens is 1. The van der Waals surface area contributed by atoms with E-state index in [1.54, 1.807) is 50.4 Å². The molecule has 0 saturated carbocycles. The summed E-state index contributed by atoms with van der Waals surface area (Å²) >= 11 is 6.41. The molecule has 4 aromatic rings. The Kier molecular flexibility index (Phi) is 6.76. The van der Waals surface area contributed by atoms with Gasteiger partial charge in [-0.05, 0) is 55.8 Å². The van der Waals surface area contributed by atoms with Gasteiger partial charge in [-0.2, -0.15) is 0 Å². The molecule has 0 fully saturated rings. The van der Waals surface area contributed by atoms with Crippen molar-refractivity contribution in [3.63, 3.8) is 0 Å². The standard InChI is InChI=1S/C24H23ClN6O3/c1-13(2)34-24(33)29-17-7-8-19(25)18(10-17)22-30-20-9-15(12-27-23(20)31-22)14-3-5-16(6-4-14)28-21(32)11-26/h3-10,12-13H,11,26H2,1-2H3,(H,28,32)(H,29,33)(H,27,30,31). The van der Waals surface area contributed by atoms with Gasteiger partial charge >= 0.3 is 6.09 Å². The van der Waals surface area contributed by atoms with Gasteiger partial charge in [0.2, 0.25) is 5.91 Å². The second-order valence-corrected chi connectivity index (χ2v) is 8.19. The molecule has 0 spiro atoms. The van der Waals surface area contributed by atoms with Gasteiger partial charge < -0.3 is 20.8 Å². The summed E-state index contributed by atoms with van der Waals surface area (Å²) in [5, 5.41) is 5.86. The molecule has 0 aliphatic rings. The largest absolute Gasteiger partial charge is 0.447 e. The Hall–Kier alpha value is -3.95. The highest BCUT2D eigenvalue weighted by atomic mass is 35.5. The lowest BCUT2D eigenvalue weighted by atomic mass is 10.1. The maximum atomic E-state index is 11.9. The smallest absolute Gasteiger partial charge is 0.411 e. The number of ether oxygens (including phenoxy) is 1. The third kappa shape index (κ3) is 5.33. The maximum Gasteiger partial charge on any atom is 0.411 e. The van der Waals surface area contributed by atoms with Crippen LogP contribution in [0.1, 0.15) is 13.8 Å². The summed E-state index contributed by atoms with van der Waals surface area (Å²) in [5.41, 5.74) is 10.2. The van der Waals surface area contributed by atoms with E-state index >= 15 is 0 Å². The van der Waals surface area contributed by atoms with E-state index in [1.807, 2.05) is 18.2 Å². The predicted molar refractivity (Wildman–Crippen MR) is 133 cm³/mol. The van der Waals surface area contributed by atoms with Crippen LogP contribution in [0.2, 0.25) is 5.02 Å². The van der Waals surface area contributed by atoms with Gasteiger partial charge in [-0.25, -0.2) is 14.8 Å². The summed E-state index contributed by atoms with van der Waals surface area (Å²) in [6, 6.07) is 14.4. The number of anilines is 2. The number of aromatic nitrogens is 3. The average molecular weight is 479 g/mol. The van der Waals surface area contributed by atoms with Crippen molar-refractivity contribution in [2.75, 3.05) is 17.2 Å². The van der Waals surface area contributed by atoms with Crippen molar-refractivity contribution in [2.45, 2.75) is 20.0 Å². The number of carbonyl (C=O) groups excluding carboxylic acids is 2. The zero-order valence-corrected chi connectivity index (χ0v) is 19.3. The zero-order valence-electron chi connectivity index (χ0n) is 18.6. The first-order valence-electron chi connectivity index (χ1n) is 10.6. The number of nitrogens with two attached hydrogens (primary N) is 1. The van der Waals surface area contributed by atoms with E-state index in [2.05, 4.69) is 25.6 Å². The molecule has 0 saturated heterocycles. The number of benzene rings is 2. The molecule has 0 unspecified atom stereocenters. The normalized spacial score (nSPS) is 11.0. The second kappa shape index (κ2) is 9.90. The predicted octanol–water partition coefficient (Wildman–Crippen LogP) is 4.80. The third-order valence-corrected chi connectivity index (χ3v) is 5.17. The summed E-state index contributed by atoms with van der Waals surface area (Å²) in [7, 11) is 0. The van der Waals surface area contributed by atoms with Crippen LogP contribution in [0.25, 0.3) is 33.7 Å². The Morgan fingerprint density at radius 3 is 2.50 bits per heavy atom. The summed E-state index contributed by atoms with van der Waals surface area (Å²) in [6.45, 7) is 3.47. The Balaban J connectivity index is 1.59. The quantitative estimate of drug-likeness (QED) is 0.314. The first-order chi connectivity index (χ1) is 16.3. The SMILES string of the molecule is CC(C)OC(=O)Nc1ccc(Cl)c(-c2nc3ncc(-c4ccc(NC(=O)CN)cc4)cc3[nH]2)c1. The molecule has 9 nitrogen and oxygen atoms in total. The number of halogens is 1. The highest BCUT2D eigenvalue weighted by Gasteiger charge is 2.14. The van der Waals surface area contributed by atoms with Crippen molar-refractivity contribution in [3.05, 3.63) is 59.8 Å². The van der Waals surface area contributed by atoms with Crippen LogP contribution >= 0.6 is 11.6 Å². The molecule has 0 aliphatic heterocycles. The minimum Gasteiger partial charge on any atom is -0.447 e. The van der Waals surface area contributed by atoms with Gasteiger partial charge in [-0.1, -0.05) is 23.7 Å². The molecule has 2 aromatic carbocycles. The molecule has 4 rings (SSSR count). The number of amides is 2. The number of pyridine rings is 1. The fraction of sp³-hybridized carbons (Fsp3) is 0.167. The van der Waals surface area contributed by atoms with Crippen LogP contribution in [0.4, 0.5) is 16.2 Å². The number of hydrogen-bond donors (Lipinski definition) is 4. The Labute approximate surface area is 200 Å². The Morgan fingerprint density at radius 2 is 1.79 bits per heavy atom. The van der Waals surface area contributed by atoms with Crippen LogP contribution in [0, 0.1) is 0 Å². The molecule has 10 heteroatoms. The molecular formula is C24H23ClN6O3. The van der Waals surface area contributed by atoms with Crippen LogP contribution in [-0.4, -0.2) is 39.6 Å². The average Bonchev–Trinajstić information content (AvgIpc) is 3.23. The lowest BCUT2D eigenvalue weighted by Crippen LogP contribution is -2.21. The van der Waals surface area contributed by atoms with E-state index in [1.165, 1.54) is 0 Å². The summed E-state index contributed by atoms with van der Waals surface area (Å²) in [4.78, 5) is 35.6. The van der Waals surface area contributed by atoms with Gasteiger partial charge in [0.05, 0.1) is 23.2 Å². The number of rotatable bonds is 6. The van der Waals surface area contributed by atoms with Gasteiger partial charge in [0.15, 0.2) is 5.65 Å². The van der Waals surface area contributed by atoms with E-state index < -0.39 is 6.09 Å². The summed E-state index contributed by atoms with van der Waals surface area (Å²) in [5.74, 6) is 0.265. The summed E-state index contributed by atoms with van der Waals surface area (Å²) < 4.78 is 5.12. The van der Waals surface area contributed by atoms with Crippen molar-refractivity contribution >= 4 is 46.1 Å². The van der Waals surface area contributed by atoms with Crippen LogP contribution in [-0.2, 0) is 9.53 Å². The molecule has 2 amide bonds. The van der Waals surface area contributed by atoms with E-state index in [0.717, 1.165) is 16.6 Å². The van der Waals surface area contributed by atoms with Crippen molar-refractivity contribution in [1.29, 1.82) is 0 Å². The van der Waals surface area contributed by atoms with Crippen molar-refractivity contribution < 1.29 is 14.3 Å². The second-order valence-electron chi connectivity index (χ2n) is 7.78. The molecule has 2 aromatic heterocycles. The van der Waals surface area contributed by atoms with Gasteiger partial charge in [-0.15, -0.1) is 0 Å². The fourth-order valence-electron chi connectivity index (χ4n) is 3.29. The van der Waals surface area contributed by atoms with Crippen molar-refractivity contribution in [2.24, 2.45) is 5.73 Å². The topological polar surface area (TPSA) is 135 Å². The number of imidazole rings is 1. The highest BCUT2D eigenvalue weighted by Crippen LogP contribution is 2.31. The minimum absolute atomic E-state index is 0.0739. The van der Waals surface area contributed by atoms with E-state index in [9.17, 15) is 9.59 Å². The van der Waals surface area contributed by atoms with Crippen LogP contribution in [0.15, 0.2) is 54.7 Å². The molecular weight excluding hydrogens is 456 g/mol. The number of carbonyl (C=O) groups is 2. The first kappa shape index (κ1) is 23.2. The summed E-state index contributed by atoms with van der Waals surface area (Å²) in [6.07, 6.45) is 0.943. The molecule has 34 heavy (non-hydrogen) atoms.